The molecule has 0 radical (unpaired) electrons. The summed E-state index contributed by atoms with van der Waals surface area (Å²) >= 11 is 0. The van der Waals surface area contributed by atoms with Crippen LogP contribution >= 0.6 is 0 Å². The van der Waals surface area contributed by atoms with E-state index < -0.39 is 0 Å². The number of hydrogen-bond acceptors (Lipinski definition) is 3. The number of carbonyl (C=O) groups excluding carboxylic acids is 1. The van der Waals surface area contributed by atoms with Crippen LogP contribution in [0, 0.1) is 0 Å². The minimum atomic E-state index is 0.0190. The number of aromatic nitrogens is 2. The molecule has 24 heavy (non-hydrogen) atoms. The number of hydrogen-bond donors (Lipinski definition) is 0. The van der Waals surface area contributed by atoms with Gasteiger partial charge < -0.3 is 4.90 Å². The van der Waals surface area contributed by atoms with Crippen LogP contribution in [0.25, 0.3) is 22.3 Å². The molecule has 1 aromatic heterocycles. The van der Waals surface area contributed by atoms with Gasteiger partial charge in [0, 0.05) is 24.0 Å². The number of piperidine rings is 1. The molecule has 1 amide bonds. The van der Waals surface area contributed by atoms with Crippen molar-refractivity contribution in [2.75, 3.05) is 13.1 Å². The lowest BCUT2D eigenvalue weighted by Crippen LogP contribution is -2.36. The first-order valence-corrected chi connectivity index (χ1v) is 8.44. The first-order valence-electron chi connectivity index (χ1n) is 8.44. The molecule has 4 nitrogen and oxygen atoms in total. The zero-order chi connectivity index (χ0) is 16.4. The maximum atomic E-state index is 13.0. The highest BCUT2D eigenvalue weighted by Gasteiger charge is 2.22. The predicted molar refractivity (Wildman–Crippen MR) is 94.7 cm³/mol. The van der Waals surface area contributed by atoms with Crippen molar-refractivity contribution in [2.24, 2.45) is 0 Å². The Labute approximate surface area is 141 Å². The molecular formula is C20H19N3O. The maximum absolute atomic E-state index is 13.0. The molecule has 0 spiro atoms. The molecule has 1 aliphatic heterocycles. The minimum Gasteiger partial charge on any atom is -0.337 e. The van der Waals surface area contributed by atoms with Crippen LogP contribution < -0.4 is 0 Å². The SMILES string of the molecule is O=C(c1nc(-c2ccccc2)nc2ccccc12)N1CCCCC1. The molecule has 1 fully saturated rings. The number of nitrogens with zero attached hydrogens (tertiary/aromatic N) is 3. The van der Waals surface area contributed by atoms with Crippen molar-refractivity contribution in [3.63, 3.8) is 0 Å². The molecule has 2 aromatic carbocycles. The lowest BCUT2D eigenvalue weighted by atomic mass is 10.1. The Bertz CT molecular complexity index is 870. The Kier molecular flexibility index (Phi) is 3.95. The zero-order valence-corrected chi connectivity index (χ0v) is 13.5. The van der Waals surface area contributed by atoms with Crippen LogP contribution in [0.15, 0.2) is 54.6 Å². The van der Waals surface area contributed by atoms with Crippen molar-refractivity contribution in [1.29, 1.82) is 0 Å². The number of benzene rings is 2. The molecule has 0 bridgehead atoms. The summed E-state index contributed by atoms with van der Waals surface area (Å²) in [5.74, 6) is 0.625. The van der Waals surface area contributed by atoms with Crippen LogP contribution in [0.3, 0.4) is 0 Å². The molecule has 0 unspecified atom stereocenters. The average molecular weight is 317 g/mol. The van der Waals surface area contributed by atoms with Gasteiger partial charge in [-0.05, 0) is 25.3 Å². The van der Waals surface area contributed by atoms with Gasteiger partial charge in [-0.1, -0.05) is 48.5 Å². The van der Waals surface area contributed by atoms with Gasteiger partial charge in [0.15, 0.2) is 5.82 Å². The van der Waals surface area contributed by atoms with Gasteiger partial charge in [-0.25, -0.2) is 9.97 Å². The Balaban J connectivity index is 1.85. The zero-order valence-electron chi connectivity index (χ0n) is 13.5. The third kappa shape index (κ3) is 2.75. The fourth-order valence-corrected chi connectivity index (χ4v) is 3.20. The van der Waals surface area contributed by atoms with Gasteiger partial charge in [0.05, 0.1) is 5.52 Å². The summed E-state index contributed by atoms with van der Waals surface area (Å²) in [7, 11) is 0. The molecule has 1 saturated heterocycles. The molecule has 2 heterocycles. The van der Waals surface area contributed by atoms with Gasteiger partial charge in [0.25, 0.3) is 5.91 Å². The average Bonchev–Trinajstić information content (AvgIpc) is 2.68. The van der Waals surface area contributed by atoms with Crippen molar-refractivity contribution >= 4 is 16.8 Å². The van der Waals surface area contributed by atoms with Gasteiger partial charge in [0.1, 0.15) is 5.69 Å². The number of carbonyl (C=O) groups is 1. The molecular weight excluding hydrogens is 298 g/mol. The molecule has 0 N–H and O–H groups in total. The second-order valence-electron chi connectivity index (χ2n) is 6.13. The molecule has 120 valence electrons. The van der Waals surface area contributed by atoms with Crippen LogP contribution in [-0.4, -0.2) is 33.9 Å². The van der Waals surface area contributed by atoms with E-state index in [0.29, 0.717) is 11.5 Å². The highest BCUT2D eigenvalue weighted by Crippen LogP contribution is 2.23. The summed E-state index contributed by atoms with van der Waals surface area (Å²) in [6.45, 7) is 1.63. The van der Waals surface area contributed by atoms with Gasteiger partial charge in [-0.3, -0.25) is 4.79 Å². The molecule has 0 saturated carbocycles. The highest BCUT2D eigenvalue weighted by atomic mass is 16.2. The summed E-state index contributed by atoms with van der Waals surface area (Å²) in [6.07, 6.45) is 3.34. The lowest BCUT2D eigenvalue weighted by molar-refractivity contribution is 0.0720. The maximum Gasteiger partial charge on any atom is 0.273 e. The summed E-state index contributed by atoms with van der Waals surface area (Å²) in [5.41, 5.74) is 2.25. The van der Waals surface area contributed by atoms with Gasteiger partial charge in [-0.2, -0.15) is 0 Å². The molecule has 1 aliphatic rings. The van der Waals surface area contributed by atoms with E-state index in [1.54, 1.807) is 0 Å². The largest absolute Gasteiger partial charge is 0.337 e. The van der Waals surface area contributed by atoms with E-state index in [1.807, 2.05) is 59.5 Å². The van der Waals surface area contributed by atoms with E-state index in [4.69, 9.17) is 0 Å². The minimum absolute atomic E-state index is 0.0190. The smallest absolute Gasteiger partial charge is 0.273 e. The molecule has 0 atom stereocenters. The Morgan fingerprint density at radius 3 is 2.33 bits per heavy atom. The highest BCUT2D eigenvalue weighted by molar-refractivity contribution is 6.04. The molecule has 4 heteroatoms. The molecule has 4 rings (SSSR count). The van der Waals surface area contributed by atoms with E-state index in [0.717, 1.165) is 42.4 Å². The molecule has 0 aliphatic carbocycles. The second kappa shape index (κ2) is 6.40. The lowest BCUT2D eigenvalue weighted by Gasteiger charge is -2.26. The molecule has 3 aromatic rings. The fraction of sp³-hybridized carbons (Fsp3) is 0.250. The van der Waals surface area contributed by atoms with E-state index in [9.17, 15) is 4.79 Å². The van der Waals surface area contributed by atoms with Crippen LogP contribution in [-0.2, 0) is 0 Å². The normalized spacial score (nSPS) is 14.8. The van der Waals surface area contributed by atoms with E-state index in [-0.39, 0.29) is 5.91 Å². The van der Waals surface area contributed by atoms with Crippen molar-refractivity contribution in [3.05, 3.63) is 60.3 Å². The van der Waals surface area contributed by atoms with Crippen LogP contribution in [0.2, 0.25) is 0 Å². The number of para-hydroxylation sites is 1. The van der Waals surface area contributed by atoms with Gasteiger partial charge in [0.2, 0.25) is 0 Å². The number of fused-ring (bicyclic) bond motifs is 1. The van der Waals surface area contributed by atoms with E-state index in [2.05, 4.69) is 9.97 Å². The fourth-order valence-electron chi connectivity index (χ4n) is 3.20. The third-order valence-corrected chi connectivity index (χ3v) is 4.48. The van der Waals surface area contributed by atoms with Crippen LogP contribution in [0.4, 0.5) is 0 Å². The van der Waals surface area contributed by atoms with Gasteiger partial charge >= 0.3 is 0 Å². The first-order chi connectivity index (χ1) is 11.8. The summed E-state index contributed by atoms with van der Waals surface area (Å²) in [6, 6.07) is 17.6. The van der Waals surface area contributed by atoms with Crippen molar-refractivity contribution in [1.82, 2.24) is 14.9 Å². The summed E-state index contributed by atoms with van der Waals surface area (Å²) in [5, 5.41) is 0.827. The number of likely N-dealkylation sites (tertiary alicyclic amines) is 1. The van der Waals surface area contributed by atoms with Crippen molar-refractivity contribution in [2.45, 2.75) is 19.3 Å². The van der Waals surface area contributed by atoms with Crippen molar-refractivity contribution < 1.29 is 4.79 Å². The quantitative estimate of drug-likeness (QED) is 0.719. The standard InChI is InChI=1S/C20H19N3O/c24-20(23-13-7-2-8-14-23)18-16-11-5-6-12-17(16)21-19(22-18)15-9-3-1-4-10-15/h1,3-6,9-12H,2,7-8,13-14H2. The monoisotopic (exact) mass is 317 g/mol. The summed E-state index contributed by atoms with van der Waals surface area (Å²) in [4.78, 5) is 24.3. The third-order valence-electron chi connectivity index (χ3n) is 4.48. The first kappa shape index (κ1) is 14.8. The van der Waals surface area contributed by atoms with Gasteiger partial charge in [-0.15, -0.1) is 0 Å². The topological polar surface area (TPSA) is 46.1 Å². The van der Waals surface area contributed by atoms with E-state index in [1.165, 1.54) is 6.42 Å². The Morgan fingerprint density at radius 1 is 0.833 bits per heavy atom. The summed E-state index contributed by atoms with van der Waals surface area (Å²) < 4.78 is 0. The van der Waals surface area contributed by atoms with Crippen LogP contribution in [0.1, 0.15) is 29.8 Å². The Hall–Kier alpha value is -2.75. The predicted octanol–water partition coefficient (Wildman–Crippen LogP) is 3.92. The number of amides is 1. The second-order valence-corrected chi connectivity index (χ2v) is 6.13. The van der Waals surface area contributed by atoms with E-state index >= 15 is 0 Å². The number of rotatable bonds is 2. The van der Waals surface area contributed by atoms with Crippen molar-refractivity contribution in [3.8, 4) is 11.4 Å². The van der Waals surface area contributed by atoms with Crippen LogP contribution in [0.5, 0.6) is 0 Å². The Morgan fingerprint density at radius 2 is 1.54 bits per heavy atom.